The quantitative estimate of drug-likeness (QED) is 0.348. The van der Waals surface area contributed by atoms with E-state index in [0.29, 0.717) is 15.6 Å². The van der Waals surface area contributed by atoms with Gasteiger partial charge in [0.05, 0.1) is 27.7 Å². The van der Waals surface area contributed by atoms with Crippen molar-refractivity contribution in [3.05, 3.63) is 99.0 Å². The first kappa shape index (κ1) is 24.9. The summed E-state index contributed by atoms with van der Waals surface area (Å²) >= 11 is 12.1. The molecule has 0 aliphatic carbocycles. The summed E-state index contributed by atoms with van der Waals surface area (Å²) in [6, 6.07) is 18.9. The molecule has 172 valence electrons. The minimum absolute atomic E-state index is 0.0673. The second kappa shape index (κ2) is 10.9. The standard InChI is InChI=1S/C24H23Cl2N3O3S/c1-17-6-9-21(10-7-17)33(31,32)29(15-20-8-11-22(25)23(26)13-20)16-24(30)28-27-14-19-5-3-4-18(2)12-19/h3-14H,15-16H2,1-2H3,(H,28,30)/b27-14-. The highest BCUT2D eigenvalue weighted by Crippen LogP contribution is 2.25. The molecule has 3 aromatic rings. The average Bonchev–Trinajstić information content (AvgIpc) is 2.76. The van der Waals surface area contributed by atoms with Gasteiger partial charge >= 0.3 is 0 Å². The normalized spacial score (nSPS) is 11.8. The molecule has 0 atom stereocenters. The van der Waals surface area contributed by atoms with E-state index in [0.717, 1.165) is 21.0 Å². The van der Waals surface area contributed by atoms with Crippen molar-refractivity contribution in [2.24, 2.45) is 5.10 Å². The van der Waals surface area contributed by atoms with Crippen LogP contribution in [0.3, 0.4) is 0 Å². The van der Waals surface area contributed by atoms with Gasteiger partial charge in [-0.3, -0.25) is 4.79 Å². The fraction of sp³-hybridized carbons (Fsp3) is 0.167. The number of hydrogen-bond acceptors (Lipinski definition) is 4. The van der Waals surface area contributed by atoms with Crippen molar-refractivity contribution in [1.29, 1.82) is 0 Å². The Morgan fingerprint density at radius 2 is 1.70 bits per heavy atom. The number of nitrogens with one attached hydrogen (secondary N) is 1. The zero-order chi connectivity index (χ0) is 24.0. The molecule has 3 aromatic carbocycles. The van der Waals surface area contributed by atoms with Crippen LogP contribution in [0.25, 0.3) is 0 Å². The Morgan fingerprint density at radius 1 is 0.970 bits per heavy atom. The van der Waals surface area contributed by atoms with Crippen LogP contribution in [0.2, 0.25) is 10.0 Å². The number of rotatable bonds is 8. The molecule has 1 amide bonds. The van der Waals surface area contributed by atoms with E-state index in [4.69, 9.17) is 23.2 Å². The maximum Gasteiger partial charge on any atom is 0.255 e. The smallest absolute Gasteiger partial charge is 0.255 e. The van der Waals surface area contributed by atoms with Gasteiger partial charge in [0.15, 0.2) is 0 Å². The highest BCUT2D eigenvalue weighted by molar-refractivity contribution is 7.89. The maximum atomic E-state index is 13.3. The molecule has 0 radical (unpaired) electrons. The molecule has 3 rings (SSSR count). The van der Waals surface area contributed by atoms with Crippen LogP contribution in [0.1, 0.15) is 22.3 Å². The Labute approximate surface area is 203 Å². The number of carbonyl (C=O) groups is 1. The van der Waals surface area contributed by atoms with Crippen LogP contribution in [0.4, 0.5) is 0 Å². The van der Waals surface area contributed by atoms with Gasteiger partial charge in [-0.05, 0) is 49.2 Å². The van der Waals surface area contributed by atoms with E-state index >= 15 is 0 Å². The Balaban J connectivity index is 1.81. The van der Waals surface area contributed by atoms with Crippen LogP contribution in [-0.4, -0.2) is 31.4 Å². The van der Waals surface area contributed by atoms with Crippen LogP contribution in [-0.2, 0) is 21.4 Å². The van der Waals surface area contributed by atoms with Crippen molar-refractivity contribution in [3.8, 4) is 0 Å². The molecule has 0 unspecified atom stereocenters. The van der Waals surface area contributed by atoms with E-state index in [9.17, 15) is 13.2 Å². The predicted octanol–water partition coefficient (Wildman–Crippen LogP) is 4.95. The van der Waals surface area contributed by atoms with Gasteiger partial charge in [-0.2, -0.15) is 9.41 Å². The highest BCUT2D eigenvalue weighted by atomic mass is 35.5. The molecular weight excluding hydrogens is 481 g/mol. The van der Waals surface area contributed by atoms with Crippen molar-refractivity contribution in [1.82, 2.24) is 9.73 Å². The topological polar surface area (TPSA) is 78.8 Å². The van der Waals surface area contributed by atoms with Gasteiger partial charge in [0, 0.05) is 6.54 Å². The van der Waals surface area contributed by atoms with Gasteiger partial charge in [-0.25, -0.2) is 13.8 Å². The molecule has 0 heterocycles. The van der Waals surface area contributed by atoms with Crippen molar-refractivity contribution in [2.75, 3.05) is 6.54 Å². The number of hydrazone groups is 1. The Morgan fingerprint density at radius 3 is 2.36 bits per heavy atom. The van der Waals surface area contributed by atoms with Crippen molar-refractivity contribution < 1.29 is 13.2 Å². The predicted molar refractivity (Wildman–Crippen MR) is 132 cm³/mol. The van der Waals surface area contributed by atoms with Crippen molar-refractivity contribution in [3.63, 3.8) is 0 Å². The first-order chi connectivity index (χ1) is 15.6. The third-order valence-electron chi connectivity index (χ3n) is 4.77. The number of nitrogens with zero attached hydrogens (tertiary/aromatic N) is 2. The van der Waals surface area contributed by atoms with E-state index in [2.05, 4.69) is 10.5 Å². The lowest BCUT2D eigenvalue weighted by atomic mass is 10.2. The Bertz CT molecular complexity index is 1280. The third kappa shape index (κ3) is 6.88. The van der Waals surface area contributed by atoms with Crippen molar-refractivity contribution >= 4 is 45.3 Å². The lowest BCUT2D eigenvalue weighted by molar-refractivity contribution is -0.121. The van der Waals surface area contributed by atoms with Crippen molar-refractivity contribution in [2.45, 2.75) is 25.3 Å². The van der Waals surface area contributed by atoms with Gasteiger partial charge in [0.2, 0.25) is 10.0 Å². The summed E-state index contributed by atoms with van der Waals surface area (Å²) in [5, 5.41) is 4.61. The molecule has 0 fully saturated rings. The molecule has 0 spiro atoms. The summed E-state index contributed by atoms with van der Waals surface area (Å²) in [6.45, 7) is 3.32. The number of hydrogen-bond donors (Lipinski definition) is 1. The van der Waals surface area contributed by atoms with Gasteiger partial charge in [0.25, 0.3) is 5.91 Å². The minimum Gasteiger partial charge on any atom is -0.272 e. The molecule has 0 aliphatic heterocycles. The van der Waals surface area contributed by atoms with E-state index in [1.165, 1.54) is 18.3 Å². The lowest BCUT2D eigenvalue weighted by Gasteiger charge is -2.22. The molecule has 0 aromatic heterocycles. The zero-order valence-electron chi connectivity index (χ0n) is 18.1. The third-order valence-corrected chi connectivity index (χ3v) is 7.31. The van der Waals surface area contributed by atoms with E-state index in [1.807, 2.05) is 38.1 Å². The summed E-state index contributed by atoms with van der Waals surface area (Å²) in [6.07, 6.45) is 1.50. The number of sulfonamides is 1. The molecule has 0 saturated heterocycles. The number of carbonyl (C=O) groups excluding carboxylic acids is 1. The van der Waals surface area contributed by atoms with Gasteiger partial charge in [0.1, 0.15) is 0 Å². The lowest BCUT2D eigenvalue weighted by Crippen LogP contribution is -2.39. The summed E-state index contributed by atoms with van der Waals surface area (Å²) < 4.78 is 27.7. The molecule has 0 saturated carbocycles. The SMILES string of the molecule is Cc1ccc(S(=O)(=O)N(CC(=O)N/N=C\c2cccc(C)c2)Cc2ccc(Cl)c(Cl)c2)cc1. The monoisotopic (exact) mass is 503 g/mol. The zero-order valence-corrected chi connectivity index (χ0v) is 20.5. The molecule has 33 heavy (non-hydrogen) atoms. The van der Waals surface area contributed by atoms with E-state index < -0.39 is 22.5 Å². The first-order valence-corrected chi connectivity index (χ1v) is 12.2. The fourth-order valence-electron chi connectivity index (χ4n) is 3.05. The molecule has 0 aliphatic rings. The summed E-state index contributed by atoms with van der Waals surface area (Å²) in [7, 11) is -3.97. The van der Waals surface area contributed by atoms with Crippen LogP contribution in [0, 0.1) is 13.8 Å². The number of aryl methyl sites for hydroxylation is 2. The molecule has 6 nitrogen and oxygen atoms in total. The number of benzene rings is 3. The minimum atomic E-state index is -3.97. The fourth-order valence-corrected chi connectivity index (χ4v) is 4.76. The summed E-state index contributed by atoms with van der Waals surface area (Å²) in [5.41, 5.74) is 5.79. The molecule has 0 bridgehead atoms. The van der Waals surface area contributed by atoms with Crippen LogP contribution >= 0.6 is 23.2 Å². The van der Waals surface area contributed by atoms with Gasteiger partial charge < -0.3 is 0 Å². The van der Waals surface area contributed by atoms with Gasteiger partial charge in [-0.1, -0.05) is 76.8 Å². The summed E-state index contributed by atoms with van der Waals surface area (Å²) in [5.74, 6) is -0.574. The van der Waals surface area contributed by atoms with Gasteiger partial charge in [-0.15, -0.1) is 0 Å². The molecule has 1 N–H and O–H groups in total. The maximum absolute atomic E-state index is 13.3. The van der Waals surface area contributed by atoms with E-state index in [-0.39, 0.29) is 11.4 Å². The molecule has 9 heteroatoms. The average molecular weight is 504 g/mol. The Kier molecular flexibility index (Phi) is 8.26. The largest absolute Gasteiger partial charge is 0.272 e. The number of amides is 1. The van der Waals surface area contributed by atoms with Crippen LogP contribution < -0.4 is 5.43 Å². The summed E-state index contributed by atoms with van der Waals surface area (Å²) in [4.78, 5) is 12.7. The molecular formula is C24H23Cl2N3O3S. The Hall–Kier alpha value is -2.71. The van der Waals surface area contributed by atoms with Crippen LogP contribution in [0.15, 0.2) is 76.7 Å². The number of halogens is 2. The first-order valence-electron chi connectivity index (χ1n) is 10.0. The second-order valence-electron chi connectivity index (χ2n) is 7.54. The highest BCUT2D eigenvalue weighted by Gasteiger charge is 2.27. The van der Waals surface area contributed by atoms with Crippen LogP contribution in [0.5, 0.6) is 0 Å². The second-order valence-corrected chi connectivity index (χ2v) is 10.3. The van der Waals surface area contributed by atoms with E-state index in [1.54, 1.807) is 30.3 Å².